The molecule has 0 aromatic heterocycles. The first-order chi connectivity index (χ1) is 15.5. The van der Waals surface area contributed by atoms with Crippen LogP contribution in [0.15, 0.2) is 24.3 Å². The first-order valence-corrected chi connectivity index (χ1v) is 13.7. The molecule has 0 saturated heterocycles. The topological polar surface area (TPSA) is 105 Å². The van der Waals surface area contributed by atoms with Crippen LogP contribution in [0.3, 0.4) is 0 Å². The molecule has 1 amide bonds. The van der Waals surface area contributed by atoms with Gasteiger partial charge in [-0.15, -0.1) is 0 Å². The highest BCUT2D eigenvalue weighted by atomic mass is 31.2. The van der Waals surface area contributed by atoms with Crippen LogP contribution in [0, 0.1) is 0 Å². The van der Waals surface area contributed by atoms with E-state index in [4.69, 9.17) is 9.05 Å². The van der Waals surface area contributed by atoms with Crippen molar-refractivity contribution in [1.82, 2.24) is 5.32 Å². The van der Waals surface area contributed by atoms with Crippen molar-refractivity contribution >= 4 is 13.7 Å². The SMILES string of the molecule is CCCCC/C=C/CC/C=C/C(O)C(COP(=O)(O)OCC[N+](C)(C)C)NC(=O)CCCC. The van der Waals surface area contributed by atoms with Crippen molar-refractivity contribution in [2.45, 2.75) is 83.8 Å². The lowest BCUT2D eigenvalue weighted by Crippen LogP contribution is -2.45. The molecular weight excluding hydrogens is 443 g/mol. The second-order valence-electron chi connectivity index (χ2n) is 9.35. The van der Waals surface area contributed by atoms with Crippen LogP contribution in [-0.4, -0.2) is 73.4 Å². The number of nitrogens with one attached hydrogen (secondary N) is 1. The van der Waals surface area contributed by atoms with Crippen molar-refractivity contribution in [3.8, 4) is 0 Å². The zero-order valence-corrected chi connectivity index (χ0v) is 22.3. The maximum atomic E-state index is 12.2. The third-order valence-corrected chi connectivity index (χ3v) is 5.91. The molecule has 3 N–H and O–H groups in total. The number of quaternary nitrogens is 1. The number of likely N-dealkylation sites (N-methyl/N-ethyl adjacent to an activating group) is 1. The number of nitrogens with zero attached hydrogens (tertiary/aromatic N) is 1. The first kappa shape index (κ1) is 32.0. The number of hydrogen-bond acceptors (Lipinski definition) is 5. The summed E-state index contributed by atoms with van der Waals surface area (Å²) < 4.78 is 22.9. The molecule has 8 nitrogen and oxygen atoms in total. The van der Waals surface area contributed by atoms with E-state index >= 15 is 0 Å². The Labute approximate surface area is 201 Å². The number of hydrogen-bond donors (Lipinski definition) is 3. The van der Waals surface area contributed by atoms with Crippen LogP contribution in [0.1, 0.15) is 71.6 Å². The Morgan fingerprint density at radius 2 is 1.64 bits per heavy atom. The van der Waals surface area contributed by atoms with E-state index in [-0.39, 0.29) is 19.1 Å². The third kappa shape index (κ3) is 20.1. The number of unbranched alkanes of at least 4 members (excludes halogenated alkanes) is 5. The standard InChI is InChI=1S/C24H47N2O6P/c1-6-8-10-11-12-13-14-15-16-17-23(27)22(25-24(28)18-9-7-2)21-32-33(29,30)31-20-19-26(3,4)5/h12-13,16-17,22-23,27H,6-11,14-15,18-21H2,1-5H3,(H-,25,28,29,30)/p+1/b13-12+,17-16+. The van der Waals surface area contributed by atoms with Gasteiger partial charge in [0.1, 0.15) is 13.2 Å². The minimum absolute atomic E-state index is 0.0548. The fraction of sp³-hybridized carbons (Fsp3) is 0.792. The molecular formula is C24H48N2O6P+. The van der Waals surface area contributed by atoms with Crippen LogP contribution < -0.4 is 5.32 Å². The molecule has 3 atom stereocenters. The predicted molar refractivity (Wildman–Crippen MR) is 134 cm³/mol. The van der Waals surface area contributed by atoms with Crippen molar-refractivity contribution in [2.75, 3.05) is 40.9 Å². The van der Waals surface area contributed by atoms with Gasteiger partial charge >= 0.3 is 7.82 Å². The van der Waals surface area contributed by atoms with Crippen LogP contribution in [0.4, 0.5) is 0 Å². The highest BCUT2D eigenvalue weighted by Crippen LogP contribution is 2.43. The van der Waals surface area contributed by atoms with Gasteiger partial charge in [0, 0.05) is 6.42 Å². The highest BCUT2D eigenvalue weighted by Gasteiger charge is 2.27. The molecule has 0 rings (SSSR count). The second-order valence-corrected chi connectivity index (χ2v) is 10.8. The molecule has 9 heteroatoms. The number of aliphatic hydroxyl groups excluding tert-OH is 1. The van der Waals surface area contributed by atoms with E-state index in [1.807, 2.05) is 34.1 Å². The molecule has 3 unspecified atom stereocenters. The van der Waals surface area contributed by atoms with Gasteiger partial charge in [-0.25, -0.2) is 4.57 Å². The minimum Gasteiger partial charge on any atom is -0.387 e. The van der Waals surface area contributed by atoms with Gasteiger partial charge in [-0.2, -0.15) is 0 Å². The van der Waals surface area contributed by atoms with Gasteiger partial charge < -0.3 is 19.8 Å². The Morgan fingerprint density at radius 1 is 1.00 bits per heavy atom. The van der Waals surface area contributed by atoms with Gasteiger partial charge in [0.25, 0.3) is 0 Å². The van der Waals surface area contributed by atoms with Gasteiger partial charge in [-0.1, -0.05) is 57.4 Å². The molecule has 0 aliphatic carbocycles. The molecule has 33 heavy (non-hydrogen) atoms. The summed E-state index contributed by atoms with van der Waals surface area (Å²) >= 11 is 0. The lowest BCUT2D eigenvalue weighted by atomic mass is 10.1. The third-order valence-electron chi connectivity index (χ3n) is 4.92. The minimum atomic E-state index is -4.29. The number of rotatable bonds is 20. The normalized spacial score (nSPS) is 16.2. The van der Waals surface area contributed by atoms with Crippen LogP contribution in [0.5, 0.6) is 0 Å². The van der Waals surface area contributed by atoms with Crippen LogP contribution >= 0.6 is 7.82 Å². The van der Waals surface area contributed by atoms with E-state index in [2.05, 4.69) is 24.4 Å². The molecule has 0 fully saturated rings. The largest absolute Gasteiger partial charge is 0.472 e. The summed E-state index contributed by atoms with van der Waals surface area (Å²) in [6.07, 6.45) is 15.0. The smallest absolute Gasteiger partial charge is 0.387 e. The summed E-state index contributed by atoms with van der Waals surface area (Å²) in [6, 6.07) is -0.849. The molecule has 0 aromatic rings. The number of carbonyl (C=O) groups is 1. The van der Waals surface area contributed by atoms with Crippen molar-refractivity contribution < 1.29 is 32.9 Å². The Bertz CT molecular complexity index is 619. The Balaban J connectivity index is 4.73. The van der Waals surface area contributed by atoms with E-state index in [1.54, 1.807) is 6.08 Å². The van der Waals surface area contributed by atoms with Crippen LogP contribution in [-0.2, 0) is 18.4 Å². The Kier molecular flexibility index (Phi) is 17.8. The summed E-state index contributed by atoms with van der Waals surface area (Å²) in [4.78, 5) is 22.1. The predicted octanol–water partition coefficient (Wildman–Crippen LogP) is 4.34. The van der Waals surface area contributed by atoms with E-state index in [9.17, 15) is 19.4 Å². The lowest BCUT2D eigenvalue weighted by Gasteiger charge is -2.25. The lowest BCUT2D eigenvalue weighted by molar-refractivity contribution is -0.870. The quantitative estimate of drug-likeness (QED) is 0.101. The van der Waals surface area contributed by atoms with E-state index in [0.29, 0.717) is 17.4 Å². The molecule has 0 aliphatic heterocycles. The van der Waals surface area contributed by atoms with Crippen LogP contribution in [0.2, 0.25) is 0 Å². The molecule has 194 valence electrons. The molecule has 0 bridgehead atoms. The molecule has 0 spiro atoms. The molecule has 0 aromatic carbocycles. The monoisotopic (exact) mass is 491 g/mol. The van der Waals surface area contributed by atoms with E-state index < -0.39 is 20.0 Å². The molecule has 0 aliphatic rings. The Hall–Kier alpha value is -1.02. The molecule has 0 radical (unpaired) electrons. The molecule has 0 heterocycles. The summed E-state index contributed by atoms with van der Waals surface area (Å²) in [5.41, 5.74) is 0. The van der Waals surface area contributed by atoms with Crippen molar-refractivity contribution in [3.63, 3.8) is 0 Å². The van der Waals surface area contributed by atoms with Gasteiger partial charge in [-0.3, -0.25) is 13.8 Å². The average Bonchev–Trinajstić information content (AvgIpc) is 2.72. The van der Waals surface area contributed by atoms with Crippen molar-refractivity contribution in [2.24, 2.45) is 0 Å². The fourth-order valence-corrected chi connectivity index (χ4v) is 3.53. The fourth-order valence-electron chi connectivity index (χ4n) is 2.79. The maximum absolute atomic E-state index is 12.2. The second kappa shape index (κ2) is 18.3. The van der Waals surface area contributed by atoms with Gasteiger partial charge in [0.05, 0.1) is 39.9 Å². The number of aliphatic hydroxyl groups is 1. The zero-order valence-electron chi connectivity index (χ0n) is 21.4. The van der Waals surface area contributed by atoms with Gasteiger partial charge in [0.2, 0.25) is 5.91 Å². The number of allylic oxidation sites excluding steroid dienone is 3. The average molecular weight is 492 g/mol. The highest BCUT2D eigenvalue weighted by molar-refractivity contribution is 7.47. The van der Waals surface area contributed by atoms with E-state index in [1.165, 1.54) is 19.3 Å². The van der Waals surface area contributed by atoms with Crippen molar-refractivity contribution in [3.05, 3.63) is 24.3 Å². The number of amides is 1. The summed E-state index contributed by atoms with van der Waals surface area (Å²) in [6.45, 7) is 4.42. The zero-order chi connectivity index (χ0) is 25.2. The number of phosphoric ester groups is 1. The summed E-state index contributed by atoms with van der Waals surface area (Å²) in [7, 11) is 1.54. The molecule has 0 saturated carbocycles. The summed E-state index contributed by atoms with van der Waals surface area (Å²) in [5.74, 6) is -0.230. The Morgan fingerprint density at radius 3 is 2.27 bits per heavy atom. The van der Waals surface area contributed by atoms with Gasteiger partial charge in [0.15, 0.2) is 0 Å². The number of carbonyl (C=O) groups excluding carboxylic acids is 1. The number of phosphoric acid groups is 1. The van der Waals surface area contributed by atoms with Gasteiger partial charge in [-0.05, 0) is 32.1 Å². The maximum Gasteiger partial charge on any atom is 0.472 e. The summed E-state index contributed by atoms with van der Waals surface area (Å²) in [5, 5.41) is 13.3. The first-order valence-electron chi connectivity index (χ1n) is 12.2. The van der Waals surface area contributed by atoms with Crippen LogP contribution in [0.25, 0.3) is 0 Å². The van der Waals surface area contributed by atoms with E-state index in [0.717, 1.165) is 32.1 Å². The van der Waals surface area contributed by atoms with Crippen molar-refractivity contribution in [1.29, 1.82) is 0 Å².